The van der Waals surface area contributed by atoms with E-state index < -0.39 is 5.97 Å². The summed E-state index contributed by atoms with van der Waals surface area (Å²) in [6, 6.07) is 11.4. The van der Waals surface area contributed by atoms with Gasteiger partial charge in [0.1, 0.15) is 11.5 Å². The Bertz CT molecular complexity index is 806. The van der Waals surface area contributed by atoms with Crippen LogP contribution in [0.15, 0.2) is 46.9 Å². The molecule has 0 aliphatic rings. The molecule has 0 saturated heterocycles. The van der Waals surface area contributed by atoms with Crippen LogP contribution in [-0.2, 0) is 16.1 Å². The average Bonchev–Trinajstić information content (AvgIpc) is 3.15. The van der Waals surface area contributed by atoms with E-state index in [0.29, 0.717) is 24.5 Å². The second-order valence-corrected chi connectivity index (χ2v) is 6.99. The Kier molecular flexibility index (Phi) is 8.53. The summed E-state index contributed by atoms with van der Waals surface area (Å²) < 4.78 is 5.68. The van der Waals surface area contributed by atoms with Gasteiger partial charge in [-0.05, 0) is 36.3 Å². The Morgan fingerprint density at radius 3 is 2.64 bits per heavy atom. The van der Waals surface area contributed by atoms with Gasteiger partial charge in [-0.2, -0.15) is 0 Å². The molecule has 2 aromatic rings. The van der Waals surface area contributed by atoms with Crippen LogP contribution in [0.2, 0.25) is 0 Å². The quantitative estimate of drug-likeness (QED) is 0.419. The number of aliphatic carboxylic acids is 1. The highest BCUT2D eigenvalue weighted by Gasteiger charge is 2.10. The van der Waals surface area contributed by atoms with Crippen molar-refractivity contribution < 1.29 is 19.1 Å². The average molecular weight is 383 g/mol. The highest BCUT2D eigenvalue weighted by Crippen LogP contribution is 2.24. The molecule has 0 aliphatic heterocycles. The summed E-state index contributed by atoms with van der Waals surface area (Å²) in [6.45, 7) is 2.73. The summed E-state index contributed by atoms with van der Waals surface area (Å²) in [5.41, 5.74) is 1.92. The second kappa shape index (κ2) is 11.1. The first-order chi connectivity index (χ1) is 13.5. The molecule has 1 N–H and O–H groups in total. The molecule has 0 unspecified atom stereocenters. The smallest absolute Gasteiger partial charge is 0.328 e. The monoisotopic (exact) mass is 383 g/mol. The minimum Gasteiger partial charge on any atom is -0.478 e. The van der Waals surface area contributed by atoms with Gasteiger partial charge in [-0.15, -0.1) is 0 Å². The van der Waals surface area contributed by atoms with Crippen molar-refractivity contribution in [2.24, 2.45) is 0 Å². The van der Waals surface area contributed by atoms with E-state index in [1.807, 2.05) is 37.4 Å². The van der Waals surface area contributed by atoms with Crippen LogP contribution in [0.1, 0.15) is 56.8 Å². The number of hydrogen-bond acceptors (Lipinski definition) is 3. The van der Waals surface area contributed by atoms with Crippen molar-refractivity contribution >= 4 is 18.0 Å². The zero-order valence-electron chi connectivity index (χ0n) is 16.7. The van der Waals surface area contributed by atoms with Crippen molar-refractivity contribution in [1.29, 1.82) is 0 Å². The predicted octanol–water partition coefficient (Wildman–Crippen LogP) is 5.36. The lowest BCUT2D eigenvalue weighted by Gasteiger charge is -2.17. The van der Waals surface area contributed by atoms with E-state index in [-0.39, 0.29) is 5.91 Å². The van der Waals surface area contributed by atoms with Crippen LogP contribution in [0.3, 0.4) is 0 Å². The topological polar surface area (TPSA) is 70.8 Å². The van der Waals surface area contributed by atoms with Gasteiger partial charge in [0.15, 0.2) is 0 Å². The number of carbonyl (C=O) groups excluding carboxylic acids is 1. The summed E-state index contributed by atoms with van der Waals surface area (Å²) in [7, 11) is 1.84. The Labute approximate surface area is 166 Å². The van der Waals surface area contributed by atoms with E-state index in [1.165, 1.54) is 25.3 Å². The van der Waals surface area contributed by atoms with Gasteiger partial charge in [0.05, 0.1) is 0 Å². The third-order valence-corrected chi connectivity index (χ3v) is 4.57. The van der Waals surface area contributed by atoms with Crippen LogP contribution in [0.5, 0.6) is 0 Å². The van der Waals surface area contributed by atoms with Gasteiger partial charge in [-0.1, -0.05) is 50.8 Å². The van der Waals surface area contributed by atoms with Gasteiger partial charge in [0, 0.05) is 31.7 Å². The fourth-order valence-electron chi connectivity index (χ4n) is 3.01. The molecular weight excluding hydrogens is 354 g/mol. The van der Waals surface area contributed by atoms with E-state index >= 15 is 0 Å². The Morgan fingerprint density at radius 2 is 1.89 bits per heavy atom. The summed E-state index contributed by atoms with van der Waals surface area (Å²) in [6.07, 6.45) is 8.75. The molecule has 0 saturated carbocycles. The van der Waals surface area contributed by atoms with Crippen LogP contribution in [0.25, 0.3) is 17.4 Å². The van der Waals surface area contributed by atoms with Crippen LogP contribution < -0.4 is 0 Å². The van der Waals surface area contributed by atoms with Gasteiger partial charge in [0.25, 0.3) is 0 Å². The van der Waals surface area contributed by atoms with Crippen molar-refractivity contribution in [2.45, 2.75) is 52.0 Å². The number of unbranched alkanes of at least 4 members (excludes halogenated alkanes) is 4. The normalized spacial score (nSPS) is 11.1. The van der Waals surface area contributed by atoms with Crippen LogP contribution >= 0.6 is 0 Å². The van der Waals surface area contributed by atoms with E-state index in [2.05, 4.69) is 6.92 Å². The molecule has 0 bridgehead atoms. The van der Waals surface area contributed by atoms with Gasteiger partial charge in [0.2, 0.25) is 5.91 Å². The third-order valence-electron chi connectivity index (χ3n) is 4.57. The molecule has 1 aromatic heterocycles. The Hall–Kier alpha value is -2.82. The summed E-state index contributed by atoms with van der Waals surface area (Å²) in [4.78, 5) is 24.7. The maximum atomic E-state index is 12.3. The van der Waals surface area contributed by atoms with Gasteiger partial charge in [-0.3, -0.25) is 4.79 Å². The standard InChI is InChI=1S/C23H29NO4/c1-3-4-5-6-7-11-22(25)24(2)17-18-9-8-10-19(16-18)21-14-12-20(28-21)13-15-23(26)27/h8-10,12-16H,3-7,11,17H2,1-2H3,(H,26,27)/b15-13+. The number of rotatable bonds is 11. The molecule has 150 valence electrons. The highest BCUT2D eigenvalue weighted by molar-refractivity contribution is 5.84. The fraction of sp³-hybridized carbons (Fsp3) is 0.391. The highest BCUT2D eigenvalue weighted by atomic mass is 16.4. The molecule has 2 rings (SSSR count). The summed E-state index contributed by atoms with van der Waals surface area (Å²) in [5.74, 6) is 0.300. The first kappa shape index (κ1) is 21.5. The van der Waals surface area contributed by atoms with Crippen LogP contribution in [-0.4, -0.2) is 28.9 Å². The first-order valence-electron chi connectivity index (χ1n) is 9.83. The van der Waals surface area contributed by atoms with Gasteiger partial charge >= 0.3 is 5.97 Å². The van der Waals surface area contributed by atoms with Crippen LogP contribution in [0, 0.1) is 0 Å². The largest absolute Gasteiger partial charge is 0.478 e. The lowest BCUT2D eigenvalue weighted by molar-refractivity contribution is -0.131. The molecule has 0 radical (unpaired) electrons. The zero-order chi connectivity index (χ0) is 20.4. The molecule has 1 amide bonds. The molecule has 5 nitrogen and oxygen atoms in total. The lowest BCUT2D eigenvalue weighted by Crippen LogP contribution is -2.25. The minimum atomic E-state index is -1.02. The molecule has 28 heavy (non-hydrogen) atoms. The molecular formula is C23H29NO4. The van der Waals surface area contributed by atoms with Crippen molar-refractivity contribution in [3.8, 4) is 11.3 Å². The third kappa shape index (κ3) is 7.06. The van der Waals surface area contributed by atoms with Gasteiger partial charge in [-0.25, -0.2) is 4.79 Å². The number of hydrogen-bond donors (Lipinski definition) is 1. The number of carboxylic acids is 1. The summed E-state index contributed by atoms with van der Waals surface area (Å²) in [5, 5.41) is 8.70. The maximum absolute atomic E-state index is 12.3. The number of amides is 1. The summed E-state index contributed by atoms with van der Waals surface area (Å²) >= 11 is 0. The lowest BCUT2D eigenvalue weighted by atomic mass is 10.1. The molecule has 5 heteroatoms. The molecule has 1 aromatic carbocycles. The predicted molar refractivity (Wildman–Crippen MR) is 111 cm³/mol. The molecule has 0 spiro atoms. The molecule has 0 atom stereocenters. The number of benzene rings is 1. The van der Waals surface area contributed by atoms with E-state index in [1.54, 1.807) is 11.0 Å². The zero-order valence-corrected chi connectivity index (χ0v) is 16.7. The van der Waals surface area contributed by atoms with Crippen molar-refractivity contribution in [3.05, 3.63) is 53.8 Å². The van der Waals surface area contributed by atoms with Crippen molar-refractivity contribution in [1.82, 2.24) is 4.90 Å². The molecule has 0 fully saturated rings. The second-order valence-electron chi connectivity index (χ2n) is 6.99. The minimum absolute atomic E-state index is 0.168. The maximum Gasteiger partial charge on any atom is 0.328 e. The van der Waals surface area contributed by atoms with Crippen LogP contribution in [0.4, 0.5) is 0 Å². The van der Waals surface area contributed by atoms with E-state index in [4.69, 9.17) is 9.52 Å². The van der Waals surface area contributed by atoms with Crippen molar-refractivity contribution in [2.75, 3.05) is 7.05 Å². The number of furan rings is 1. The number of nitrogens with zero attached hydrogens (tertiary/aromatic N) is 1. The molecule has 0 aliphatic carbocycles. The van der Waals surface area contributed by atoms with E-state index in [0.717, 1.165) is 30.0 Å². The Morgan fingerprint density at radius 1 is 1.11 bits per heavy atom. The number of carbonyl (C=O) groups is 2. The first-order valence-corrected chi connectivity index (χ1v) is 9.83. The van der Waals surface area contributed by atoms with Gasteiger partial charge < -0.3 is 14.4 Å². The fourth-order valence-corrected chi connectivity index (χ4v) is 3.01. The molecule has 1 heterocycles. The van der Waals surface area contributed by atoms with E-state index in [9.17, 15) is 9.59 Å². The van der Waals surface area contributed by atoms with Crippen molar-refractivity contribution in [3.63, 3.8) is 0 Å². The SMILES string of the molecule is CCCCCCCC(=O)N(C)Cc1cccc(-c2ccc(/C=C/C(=O)O)o2)c1. The Balaban J connectivity index is 1.93. The number of carboxylic acid groups (broad SMARTS) is 1.